The van der Waals surface area contributed by atoms with Crippen molar-refractivity contribution in [1.29, 1.82) is 0 Å². The van der Waals surface area contributed by atoms with Gasteiger partial charge in [-0.15, -0.1) is 0 Å². The van der Waals surface area contributed by atoms with Crippen molar-refractivity contribution in [3.63, 3.8) is 0 Å². The van der Waals surface area contributed by atoms with Gasteiger partial charge in [0.1, 0.15) is 12.4 Å². The number of benzene rings is 1. The topological polar surface area (TPSA) is 38.8 Å². The largest absolute Gasteiger partial charge is 0.486 e. The molecule has 0 aliphatic carbocycles. The summed E-state index contributed by atoms with van der Waals surface area (Å²) in [6.07, 6.45) is -2.58. The van der Waals surface area contributed by atoms with E-state index >= 15 is 0 Å². The lowest BCUT2D eigenvalue weighted by molar-refractivity contribution is -0.0757. The second-order valence-corrected chi connectivity index (χ2v) is 3.74. The van der Waals surface area contributed by atoms with Gasteiger partial charge in [-0.1, -0.05) is 11.6 Å². The molecule has 0 bridgehead atoms. The fraction of sp³-hybridized carbons (Fsp3) is 0.364. The number of hydrogen-bond acceptors (Lipinski definition) is 3. The molecule has 0 unspecified atom stereocenters. The number of ether oxygens (including phenoxy) is 1. The van der Waals surface area contributed by atoms with Crippen molar-refractivity contribution in [2.45, 2.75) is 6.43 Å². The van der Waals surface area contributed by atoms with Crippen molar-refractivity contribution in [2.75, 3.05) is 20.8 Å². The number of nitrogens with zero attached hydrogens (tertiary/aromatic N) is 1. The zero-order valence-corrected chi connectivity index (χ0v) is 10.6. The molecule has 0 heterocycles. The summed E-state index contributed by atoms with van der Waals surface area (Å²) >= 11 is 5.82. The third kappa shape index (κ3) is 3.82. The van der Waals surface area contributed by atoms with Gasteiger partial charge in [0, 0.05) is 12.6 Å². The SMILES string of the molecule is CON(C)C(=O)c1ccc(OCC(F)F)c(Cl)c1. The lowest BCUT2D eigenvalue weighted by Crippen LogP contribution is -2.25. The second kappa shape index (κ2) is 6.51. The molecule has 0 spiro atoms. The van der Waals surface area contributed by atoms with E-state index in [1.54, 1.807) is 0 Å². The third-order valence-corrected chi connectivity index (χ3v) is 2.40. The van der Waals surface area contributed by atoms with Gasteiger partial charge in [0.2, 0.25) is 0 Å². The van der Waals surface area contributed by atoms with Crippen LogP contribution in [0.5, 0.6) is 5.75 Å². The molecule has 100 valence electrons. The Morgan fingerprint density at radius 1 is 1.50 bits per heavy atom. The number of rotatable bonds is 5. The van der Waals surface area contributed by atoms with E-state index in [9.17, 15) is 13.6 Å². The van der Waals surface area contributed by atoms with E-state index in [-0.39, 0.29) is 16.3 Å². The van der Waals surface area contributed by atoms with Crippen LogP contribution in [0.3, 0.4) is 0 Å². The van der Waals surface area contributed by atoms with Gasteiger partial charge >= 0.3 is 0 Å². The number of alkyl halides is 2. The van der Waals surface area contributed by atoms with Crippen molar-refractivity contribution in [1.82, 2.24) is 5.06 Å². The zero-order chi connectivity index (χ0) is 13.7. The minimum atomic E-state index is -2.58. The first-order valence-electron chi connectivity index (χ1n) is 4.98. The highest BCUT2D eigenvalue weighted by Gasteiger charge is 2.14. The van der Waals surface area contributed by atoms with Crippen LogP contribution in [0.4, 0.5) is 8.78 Å². The number of hydroxylamine groups is 2. The predicted molar refractivity (Wildman–Crippen MR) is 62.1 cm³/mol. The summed E-state index contributed by atoms with van der Waals surface area (Å²) in [5.41, 5.74) is 0.272. The van der Waals surface area contributed by atoms with Gasteiger partial charge in [-0.25, -0.2) is 13.8 Å². The molecular formula is C11H12ClF2NO3. The molecule has 1 aromatic carbocycles. The standard InChI is InChI=1S/C11H12ClF2NO3/c1-15(17-2)11(16)7-3-4-9(8(12)5-7)18-6-10(13)14/h3-5,10H,6H2,1-2H3. The van der Waals surface area contributed by atoms with Gasteiger partial charge < -0.3 is 4.74 Å². The third-order valence-electron chi connectivity index (χ3n) is 2.10. The van der Waals surface area contributed by atoms with Gasteiger partial charge in [-0.05, 0) is 18.2 Å². The maximum atomic E-state index is 12.0. The minimum absolute atomic E-state index is 0.0889. The Kier molecular flexibility index (Phi) is 5.30. The molecule has 0 aliphatic rings. The molecule has 18 heavy (non-hydrogen) atoms. The van der Waals surface area contributed by atoms with E-state index in [1.165, 1.54) is 32.4 Å². The number of halogens is 3. The van der Waals surface area contributed by atoms with Crippen LogP contribution in [0.2, 0.25) is 5.02 Å². The van der Waals surface area contributed by atoms with Gasteiger partial charge in [0.05, 0.1) is 12.1 Å². The van der Waals surface area contributed by atoms with E-state index in [1.807, 2.05) is 0 Å². The van der Waals surface area contributed by atoms with Crippen LogP contribution in [0.15, 0.2) is 18.2 Å². The number of carbonyl (C=O) groups excluding carboxylic acids is 1. The van der Waals surface area contributed by atoms with Crippen molar-refractivity contribution >= 4 is 17.5 Å². The summed E-state index contributed by atoms with van der Waals surface area (Å²) in [5, 5.41) is 1.11. The highest BCUT2D eigenvalue weighted by atomic mass is 35.5. The first-order chi connectivity index (χ1) is 8.45. The molecule has 1 aromatic rings. The molecule has 0 radical (unpaired) electrons. The smallest absolute Gasteiger partial charge is 0.277 e. The van der Waals surface area contributed by atoms with Crippen molar-refractivity contribution in [3.05, 3.63) is 28.8 Å². The van der Waals surface area contributed by atoms with E-state index in [4.69, 9.17) is 21.2 Å². The van der Waals surface area contributed by atoms with E-state index in [0.717, 1.165) is 5.06 Å². The summed E-state index contributed by atoms with van der Waals surface area (Å²) in [7, 11) is 2.79. The molecule has 1 rings (SSSR count). The maximum Gasteiger partial charge on any atom is 0.277 e. The molecule has 7 heteroatoms. The Morgan fingerprint density at radius 3 is 2.67 bits per heavy atom. The normalized spacial score (nSPS) is 10.6. The van der Waals surface area contributed by atoms with E-state index in [2.05, 4.69) is 0 Å². The van der Waals surface area contributed by atoms with E-state index < -0.39 is 18.9 Å². The molecule has 0 saturated heterocycles. The lowest BCUT2D eigenvalue weighted by Gasteiger charge is -2.14. The quantitative estimate of drug-likeness (QED) is 0.778. The molecule has 4 nitrogen and oxygen atoms in total. The Labute approximate surface area is 108 Å². The second-order valence-electron chi connectivity index (χ2n) is 3.33. The monoisotopic (exact) mass is 279 g/mol. The highest BCUT2D eigenvalue weighted by Crippen LogP contribution is 2.26. The lowest BCUT2D eigenvalue weighted by atomic mass is 10.2. The minimum Gasteiger partial charge on any atom is -0.486 e. The molecule has 0 saturated carbocycles. The molecule has 0 aromatic heterocycles. The molecule has 0 N–H and O–H groups in total. The number of amides is 1. The summed E-state index contributed by atoms with van der Waals surface area (Å²) in [5.74, 6) is -0.298. The van der Waals surface area contributed by atoms with Crippen LogP contribution in [0.1, 0.15) is 10.4 Å². The molecular weight excluding hydrogens is 268 g/mol. The van der Waals surface area contributed by atoms with Crippen molar-refractivity contribution < 1.29 is 23.1 Å². The molecule has 0 fully saturated rings. The van der Waals surface area contributed by atoms with Gasteiger partial charge in [-0.3, -0.25) is 9.63 Å². The fourth-order valence-corrected chi connectivity index (χ4v) is 1.40. The molecule has 0 atom stereocenters. The van der Waals surface area contributed by atoms with E-state index in [0.29, 0.717) is 0 Å². The van der Waals surface area contributed by atoms with Crippen LogP contribution < -0.4 is 4.74 Å². The van der Waals surface area contributed by atoms with Gasteiger partial charge in [0.15, 0.2) is 0 Å². The van der Waals surface area contributed by atoms with Gasteiger partial charge in [-0.2, -0.15) is 0 Å². The van der Waals surface area contributed by atoms with Gasteiger partial charge in [0.25, 0.3) is 12.3 Å². The Hall–Kier alpha value is -1.40. The summed E-state index contributed by atoms with van der Waals surface area (Å²) in [4.78, 5) is 16.4. The first-order valence-corrected chi connectivity index (χ1v) is 5.36. The average Bonchev–Trinajstić information content (AvgIpc) is 2.35. The Bertz CT molecular complexity index is 429. The number of carbonyl (C=O) groups is 1. The summed E-state index contributed by atoms with van der Waals surface area (Å²) in [6, 6.07) is 4.12. The van der Waals surface area contributed by atoms with Crippen molar-refractivity contribution in [2.24, 2.45) is 0 Å². The highest BCUT2D eigenvalue weighted by molar-refractivity contribution is 6.32. The van der Waals surface area contributed by atoms with Crippen LogP contribution in [-0.2, 0) is 4.84 Å². The van der Waals surface area contributed by atoms with Crippen LogP contribution in [0.25, 0.3) is 0 Å². The zero-order valence-electron chi connectivity index (χ0n) is 9.82. The fourth-order valence-electron chi connectivity index (χ4n) is 1.17. The number of hydrogen-bond donors (Lipinski definition) is 0. The van der Waals surface area contributed by atoms with Crippen LogP contribution in [0, 0.1) is 0 Å². The average molecular weight is 280 g/mol. The van der Waals surface area contributed by atoms with Crippen LogP contribution in [-0.4, -0.2) is 38.2 Å². The first kappa shape index (κ1) is 14.7. The molecule has 0 aliphatic heterocycles. The Morgan fingerprint density at radius 2 is 2.17 bits per heavy atom. The summed E-state index contributed by atoms with van der Waals surface area (Å²) < 4.78 is 28.7. The molecule has 1 amide bonds. The predicted octanol–water partition coefficient (Wildman–Crippen LogP) is 2.62. The Balaban J connectivity index is 2.82. The van der Waals surface area contributed by atoms with Crippen molar-refractivity contribution in [3.8, 4) is 5.75 Å². The summed E-state index contributed by atoms with van der Waals surface area (Å²) in [6.45, 7) is -0.745. The maximum absolute atomic E-state index is 12.0. The van der Waals surface area contributed by atoms with Crippen LogP contribution >= 0.6 is 11.6 Å².